The summed E-state index contributed by atoms with van der Waals surface area (Å²) in [6.45, 7) is 0. The molecule has 0 bridgehead atoms. The number of para-hydroxylation sites is 1. The smallest absolute Gasteiger partial charge is 0.171 e. The third kappa shape index (κ3) is 4.62. The van der Waals surface area contributed by atoms with E-state index in [9.17, 15) is 5.26 Å². The normalized spacial score (nSPS) is 14.7. The molecule has 0 saturated heterocycles. The lowest BCUT2D eigenvalue weighted by atomic mass is 10.1. The molecule has 5 aromatic carbocycles. The average Bonchev–Trinajstić information content (AvgIpc) is 3.47. The molecule has 0 fully saturated rings. The van der Waals surface area contributed by atoms with E-state index < -0.39 is 8.07 Å². The fourth-order valence-electron chi connectivity index (χ4n) is 7.67. The lowest BCUT2D eigenvalue weighted by Gasteiger charge is -2.39. The Balaban J connectivity index is 1.43. The van der Waals surface area contributed by atoms with Crippen LogP contribution in [-0.4, -0.2) is 12.6 Å². The van der Waals surface area contributed by atoms with E-state index in [0.29, 0.717) is 5.56 Å². The first kappa shape index (κ1) is 28.1. The van der Waals surface area contributed by atoms with Crippen molar-refractivity contribution in [3.63, 3.8) is 0 Å². The van der Waals surface area contributed by atoms with Gasteiger partial charge in [0.2, 0.25) is 0 Å². The highest BCUT2D eigenvalue weighted by molar-refractivity contribution is 7.12. The minimum atomic E-state index is -2.62. The molecule has 0 aliphatic heterocycles. The van der Waals surface area contributed by atoms with E-state index >= 15 is 0 Å². The molecule has 1 aromatic heterocycles. The van der Waals surface area contributed by atoms with Gasteiger partial charge in [0.05, 0.1) is 22.7 Å². The summed E-state index contributed by atoms with van der Waals surface area (Å²) < 4.78 is 2.35. The number of nitrogens with zero attached hydrogens (tertiary/aromatic N) is 2. The van der Waals surface area contributed by atoms with Gasteiger partial charge in [-0.3, -0.25) is 0 Å². The zero-order valence-corrected chi connectivity index (χ0v) is 26.7. The molecule has 6 aromatic rings. The van der Waals surface area contributed by atoms with Crippen molar-refractivity contribution in [2.75, 3.05) is 0 Å². The fourth-order valence-corrected chi connectivity index (χ4v) is 13.0. The Morgan fingerprint density at radius 2 is 1.13 bits per heavy atom. The Labute approximate surface area is 271 Å². The lowest BCUT2D eigenvalue weighted by Crippen LogP contribution is -2.62. The van der Waals surface area contributed by atoms with Crippen molar-refractivity contribution in [1.82, 2.24) is 4.57 Å². The van der Waals surface area contributed by atoms with Crippen LogP contribution in [0.2, 0.25) is 0 Å². The van der Waals surface area contributed by atoms with E-state index in [2.05, 4.69) is 162 Å². The van der Waals surface area contributed by atoms with Gasteiger partial charge in [-0.2, -0.15) is 5.26 Å². The highest BCUT2D eigenvalue weighted by Gasteiger charge is 2.44. The fraction of sp³-hybridized carbons (Fsp3) is 0.0930. The van der Waals surface area contributed by atoms with Gasteiger partial charge in [0, 0.05) is 16.5 Å². The summed E-state index contributed by atoms with van der Waals surface area (Å²) in [4.78, 5) is 0. The molecule has 0 saturated carbocycles. The first-order valence-electron chi connectivity index (χ1n) is 16.2. The van der Waals surface area contributed by atoms with E-state index in [1.807, 2.05) is 6.07 Å². The third-order valence-electron chi connectivity index (χ3n) is 9.76. The second-order valence-electron chi connectivity index (χ2n) is 12.3. The van der Waals surface area contributed by atoms with Gasteiger partial charge in [-0.15, -0.1) is 0 Å². The summed E-state index contributed by atoms with van der Waals surface area (Å²) in [5.41, 5.74) is 6.58. The highest BCUT2D eigenvalue weighted by atomic mass is 28.3. The Morgan fingerprint density at radius 1 is 0.565 bits per heavy atom. The van der Waals surface area contributed by atoms with Crippen LogP contribution in [0.5, 0.6) is 0 Å². The molecule has 0 atom stereocenters. The van der Waals surface area contributed by atoms with Crippen molar-refractivity contribution < 1.29 is 0 Å². The minimum Gasteiger partial charge on any atom is -0.309 e. The number of fused-ring (bicyclic) bond motifs is 3. The molecule has 0 radical (unpaired) electrons. The van der Waals surface area contributed by atoms with Crippen LogP contribution in [0.3, 0.4) is 0 Å². The van der Waals surface area contributed by atoms with Crippen molar-refractivity contribution in [1.29, 1.82) is 5.26 Å². The number of nitriles is 1. The van der Waals surface area contributed by atoms with E-state index in [0.717, 1.165) is 47.8 Å². The molecule has 2 aliphatic rings. The number of aromatic nitrogens is 1. The molecule has 3 heteroatoms. The summed E-state index contributed by atoms with van der Waals surface area (Å²) in [5, 5.41) is 18.2. The summed E-state index contributed by atoms with van der Waals surface area (Å²) in [7, 11) is -2.62. The van der Waals surface area contributed by atoms with Crippen LogP contribution in [0, 0.1) is 11.3 Å². The summed E-state index contributed by atoms with van der Waals surface area (Å²) in [6.07, 6.45) is 18.2. The Hall–Kier alpha value is -5.43. The van der Waals surface area contributed by atoms with Crippen LogP contribution in [0.4, 0.5) is 0 Å². The summed E-state index contributed by atoms with van der Waals surface area (Å²) >= 11 is 0. The lowest BCUT2D eigenvalue weighted by molar-refractivity contribution is 0.982. The zero-order valence-electron chi connectivity index (χ0n) is 25.7. The maximum Gasteiger partial charge on any atom is 0.171 e. The number of benzene rings is 5. The topological polar surface area (TPSA) is 28.7 Å². The molecule has 220 valence electrons. The first-order valence-corrected chi connectivity index (χ1v) is 18.2. The molecule has 0 unspecified atom stereocenters. The van der Waals surface area contributed by atoms with Gasteiger partial charge in [0.1, 0.15) is 0 Å². The van der Waals surface area contributed by atoms with Crippen molar-refractivity contribution in [2.24, 2.45) is 0 Å². The van der Waals surface area contributed by atoms with Crippen LogP contribution >= 0.6 is 0 Å². The largest absolute Gasteiger partial charge is 0.309 e. The van der Waals surface area contributed by atoms with Gasteiger partial charge in [0.15, 0.2) is 8.07 Å². The summed E-state index contributed by atoms with van der Waals surface area (Å²) in [5.74, 6) is 0. The van der Waals surface area contributed by atoms with Crippen LogP contribution in [0.1, 0.15) is 31.2 Å². The van der Waals surface area contributed by atoms with Crippen molar-refractivity contribution >= 4 is 40.3 Å². The number of allylic oxidation sites excluding steroid dienone is 8. The summed E-state index contributed by atoms with van der Waals surface area (Å²) in [6, 6.07) is 46.5. The quantitative estimate of drug-likeness (QED) is 0.174. The van der Waals surface area contributed by atoms with Crippen LogP contribution < -0.4 is 10.4 Å². The molecular formula is C43H34N2Si. The van der Waals surface area contributed by atoms with E-state index in [1.54, 1.807) is 10.4 Å². The van der Waals surface area contributed by atoms with Gasteiger partial charge in [0.25, 0.3) is 0 Å². The molecule has 0 amide bonds. The number of rotatable bonds is 6. The third-order valence-corrected chi connectivity index (χ3v) is 14.9. The van der Waals surface area contributed by atoms with Gasteiger partial charge in [-0.1, -0.05) is 132 Å². The molecule has 8 rings (SSSR count). The SMILES string of the molecule is N#Cc1ccc2c(c1)c1cc([Si](C3=CC=CCC3)(C3=CC=CCC3)c3ccc(-c4ccccc4)cc3)ccc1n2-c1ccccc1. The molecule has 1 heterocycles. The molecule has 46 heavy (non-hydrogen) atoms. The van der Waals surface area contributed by atoms with Crippen LogP contribution in [0.25, 0.3) is 38.6 Å². The Kier molecular flexibility index (Phi) is 7.21. The second-order valence-corrected chi connectivity index (χ2v) is 16.2. The molecule has 2 nitrogen and oxygen atoms in total. The van der Waals surface area contributed by atoms with Gasteiger partial charge >= 0.3 is 0 Å². The van der Waals surface area contributed by atoms with Crippen LogP contribution in [0.15, 0.2) is 168 Å². The second kappa shape index (κ2) is 11.8. The zero-order chi connectivity index (χ0) is 30.9. The molecular weight excluding hydrogens is 573 g/mol. The molecule has 0 spiro atoms. The van der Waals surface area contributed by atoms with E-state index in [1.165, 1.54) is 26.9 Å². The maximum absolute atomic E-state index is 9.89. The maximum atomic E-state index is 9.89. The van der Waals surface area contributed by atoms with E-state index in [-0.39, 0.29) is 0 Å². The van der Waals surface area contributed by atoms with Crippen LogP contribution in [-0.2, 0) is 0 Å². The van der Waals surface area contributed by atoms with Crippen molar-refractivity contribution in [3.05, 3.63) is 174 Å². The van der Waals surface area contributed by atoms with Crippen molar-refractivity contribution in [2.45, 2.75) is 25.7 Å². The Morgan fingerprint density at radius 3 is 1.74 bits per heavy atom. The average molecular weight is 607 g/mol. The first-order chi connectivity index (χ1) is 22.8. The predicted octanol–water partition coefficient (Wildman–Crippen LogP) is 9.52. The van der Waals surface area contributed by atoms with E-state index in [4.69, 9.17) is 0 Å². The van der Waals surface area contributed by atoms with Gasteiger partial charge < -0.3 is 4.57 Å². The van der Waals surface area contributed by atoms with Gasteiger partial charge in [-0.05, 0) is 83.6 Å². The highest BCUT2D eigenvalue weighted by Crippen LogP contribution is 2.37. The predicted molar refractivity (Wildman–Crippen MR) is 195 cm³/mol. The number of hydrogen-bond donors (Lipinski definition) is 0. The van der Waals surface area contributed by atoms with Gasteiger partial charge in [-0.25, -0.2) is 0 Å². The Bertz CT molecular complexity index is 2210. The molecule has 2 aliphatic carbocycles. The van der Waals surface area contributed by atoms with Crippen molar-refractivity contribution in [3.8, 4) is 22.9 Å². The molecule has 0 N–H and O–H groups in total. The number of hydrogen-bond acceptors (Lipinski definition) is 1. The minimum absolute atomic E-state index is 0.685. The standard InChI is InChI=1S/C43H34N2Si/c44-31-32-21-27-42-40(29-32)41-30-39(26-28-43(41)45(42)35-15-7-2-8-16-35)46(36-17-9-3-10-18-36,37-19-11-4-12-20-37)38-24-22-34(23-25-38)33-13-5-1-6-14-33/h1-9,11,13-17,19,21-30H,10,12,18,20H2. The monoisotopic (exact) mass is 606 g/mol.